The molecular weight excluding hydrogens is 374 g/mol. The van der Waals surface area contributed by atoms with E-state index in [-0.39, 0.29) is 35.5 Å². The number of imide groups is 2. The standard InChI is InChI=1S/C17H17N3O6S/c21-14-4-3-13(15(22)18-14)20-16(23)11-2-1-10(9-12(11)17(20)24)19-5-7-27(25,26)8-6-19/h1-2,9,13H,3-8H2,(H,18,21,22). The van der Waals surface area contributed by atoms with Crippen LogP contribution in [0.4, 0.5) is 5.69 Å². The quantitative estimate of drug-likeness (QED) is 0.663. The molecule has 3 aliphatic heterocycles. The van der Waals surface area contributed by atoms with Crippen LogP contribution in [0.1, 0.15) is 33.6 Å². The first-order chi connectivity index (χ1) is 12.8. The Labute approximate surface area is 155 Å². The monoisotopic (exact) mass is 391 g/mol. The Bertz CT molecular complexity index is 972. The van der Waals surface area contributed by atoms with Gasteiger partial charge in [-0.25, -0.2) is 8.42 Å². The van der Waals surface area contributed by atoms with Gasteiger partial charge in [0.1, 0.15) is 6.04 Å². The van der Waals surface area contributed by atoms with Crippen LogP contribution in [0.25, 0.3) is 0 Å². The maximum atomic E-state index is 12.8. The largest absolute Gasteiger partial charge is 0.369 e. The van der Waals surface area contributed by atoms with Crippen LogP contribution in [0.15, 0.2) is 18.2 Å². The number of anilines is 1. The molecule has 1 aromatic carbocycles. The van der Waals surface area contributed by atoms with Gasteiger partial charge in [-0.05, 0) is 24.6 Å². The fourth-order valence-corrected chi connectivity index (χ4v) is 4.83. The summed E-state index contributed by atoms with van der Waals surface area (Å²) in [4.78, 5) is 51.6. The predicted molar refractivity (Wildman–Crippen MR) is 94.0 cm³/mol. The third kappa shape index (κ3) is 2.99. The fraction of sp³-hybridized carbons (Fsp3) is 0.412. The van der Waals surface area contributed by atoms with Crippen molar-refractivity contribution in [2.75, 3.05) is 29.5 Å². The molecule has 27 heavy (non-hydrogen) atoms. The Morgan fingerprint density at radius 3 is 2.30 bits per heavy atom. The summed E-state index contributed by atoms with van der Waals surface area (Å²) in [6.07, 6.45) is 0.171. The van der Waals surface area contributed by atoms with Gasteiger partial charge in [0.15, 0.2) is 9.84 Å². The van der Waals surface area contributed by atoms with Crippen molar-refractivity contribution in [3.8, 4) is 0 Å². The van der Waals surface area contributed by atoms with E-state index in [0.29, 0.717) is 18.8 Å². The van der Waals surface area contributed by atoms with E-state index in [0.717, 1.165) is 4.90 Å². The molecule has 2 saturated heterocycles. The van der Waals surface area contributed by atoms with Crippen molar-refractivity contribution in [3.05, 3.63) is 29.3 Å². The number of rotatable bonds is 2. The van der Waals surface area contributed by atoms with Crippen molar-refractivity contribution in [1.82, 2.24) is 10.2 Å². The first-order valence-corrected chi connectivity index (χ1v) is 10.4. The van der Waals surface area contributed by atoms with Crippen molar-refractivity contribution in [2.24, 2.45) is 0 Å². The molecule has 142 valence electrons. The van der Waals surface area contributed by atoms with Gasteiger partial charge in [-0.3, -0.25) is 29.4 Å². The topological polar surface area (TPSA) is 121 Å². The lowest BCUT2D eigenvalue weighted by Crippen LogP contribution is -2.54. The third-order valence-corrected chi connectivity index (χ3v) is 6.74. The Morgan fingerprint density at radius 2 is 1.63 bits per heavy atom. The molecule has 2 fully saturated rings. The van der Waals surface area contributed by atoms with Gasteiger partial charge in [0.25, 0.3) is 11.8 Å². The first kappa shape index (κ1) is 17.7. The number of hydrogen-bond acceptors (Lipinski definition) is 7. The van der Waals surface area contributed by atoms with Gasteiger partial charge in [-0.2, -0.15) is 0 Å². The molecule has 1 aromatic rings. The maximum Gasteiger partial charge on any atom is 0.262 e. The average Bonchev–Trinajstić information content (AvgIpc) is 2.86. The van der Waals surface area contributed by atoms with Gasteiger partial charge in [0, 0.05) is 25.2 Å². The van der Waals surface area contributed by atoms with Crippen LogP contribution in [0.5, 0.6) is 0 Å². The van der Waals surface area contributed by atoms with Crippen LogP contribution >= 0.6 is 0 Å². The number of nitrogens with one attached hydrogen (secondary N) is 1. The van der Waals surface area contributed by atoms with Gasteiger partial charge in [-0.15, -0.1) is 0 Å². The molecule has 3 heterocycles. The minimum Gasteiger partial charge on any atom is -0.369 e. The zero-order chi connectivity index (χ0) is 19.3. The summed E-state index contributed by atoms with van der Waals surface area (Å²) >= 11 is 0. The van der Waals surface area contributed by atoms with Gasteiger partial charge in [0.2, 0.25) is 11.8 Å². The zero-order valence-electron chi connectivity index (χ0n) is 14.3. The number of benzene rings is 1. The Morgan fingerprint density at radius 1 is 0.963 bits per heavy atom. The second-order valence-electron chi connectivity index (χ2n) is 6.82. The fourth-order valence-electron chi connectivity index (χ4n) is 3.63. The van der Waals surface area contributed by atoms with Crippen molar-refractivity contribution in [3.63, 3.8) is 0 Å². The molecule has 4 amide bonds. The van der Waals surface area contributed by atoms with Crippen molar-refractivity contribution in [1.29, 1.82) is 0 Å². The number of hydrogen-bond donors (Lipinski definition) is 1. The van der Waals surface area contributed by atoms with Crippen molar-refractivity contribution in [2.45, 2.75) is 18.9 Å². The van der Waals surface area contributed by atoms with Crippen LogP contribution in [-0.2, 0) is 19.4 Å². The maximum absolute atomic E-state index is 12.8. The summed E-state index contributed by atoms with van der Waals surface area (Å²) in [5.41, 5.74) is 1.06. The average molecular weight is 391 g/mol. The van der Waals surface area contributed by atoms with Gasteiger partial charge >= 0.3 is 0 Å². The molecule has 1 atom stereocenters. The number of sulfone groups is 1. The van der Waals surface area contributed by atoms with Crippen LogP contribution < -0.4 is 10.2 Å². The lowest BCUT2D eigenvalue weighted by atomic mass is 10.0. The Kier molecular flexibility index (Phi) is 4.02. The van der Waals surface area contributed by atoms with E-state index in [1.807, 2.05) is 4.90 Å². The summed E-state index contributed by atoms with van der Waals surface area (Å²) in [6, 6.07) is 3.77. The van der Waals surface area contributed by atoms with E-state index in [1.54, 1.807) is 12.1 Å². The molecule has 3 aliphatic rings. The van der Waals surface area contributed by atoms with E-state index < -0.39 is 39.5 Å². The van der Waals surface area contributed by atoms with E-state index in [9.17, 15) is 27.6 Å². The Hall–Kier alpha value is -2.75. The molecule has 0 bridgehead atoms. The number of amides is 4. The zero-order valence-corrected chi connectivity index (χ0v) is 15.1. The van der Waals surface area contributed by atoms with E-state index in [4.69, 9.17) is 0 Å². The third-order valence-electron chi connectivity index (χ3n) is 5.13. The minimum absolute atomic E-state index is 0.0410. The lowest BCUT2D eigenvalue weighted by Gasteiger charge is -2.29. The smallest absolute Gasteiger partial charge is 0.262 e. The highest BCUT2D eigenvalue weighted by Crippen LogP contribution is 2.31. The van der Waals surface area contributed by atoms with Crippen LogP contribution in [0.3, 0.4) is 0 Å². The number of carbonyl (C=O) groups is 4. The van der Waals surface area contributed by atoms with Crippen LogP contribution in [0, 0.1) is 0 Å². The number of nitrogens with zero attached hydrogens (tertiary/aromatic N) is 2. The highest BCUT2D eigenvalue weighted by molar-refractivity contribution is 7.91. The van der Waals surface area contributed by atoms with E-state index in [1.165, 1.54) is 6.07 Å². The molecule has 4 rings (SSSR count). The summed E-state index contributed by atoms with van der Waals surface area (Å²) in [7, 11) is -3.03. The van der Waals surface area contributed by atoms with Crippen molar-refractivity contribution >= 4 is 39.2 Å². The van der Waals surface area contributed by atoms with E-state index in [2.05, 4.69) is 5.32 Å². The summed E-state index contributed by atoms with van der Waals surface area (Å²) in [6.45, 7) is 0.639. The number of piperidine rings is 1. The summed E-state index contributed by atoms with van der Waals surface area (Å²) in [5, 5.41) is 2.16. The SMILES string of the molecule is O=C1CCC(N2C(=O)c3ccc(N4CCS(=O)(=O)CC4)cc3C2=O)C(=O)N1. The molecule has 1 unspecified atom stereocenters. The molecule has 1 N–H and O–H groups in total. The normalized spacial score (nSPS) is 24.8. The first-order valence-electron chi connectivity index (χ1n) is 8.58. The second-order valence-corrected chi connectivity index (χ2v) is 9.12. The second kappa shape index (κ2) is 6.15. The minimum atomic E-state index is -3.03. The molecule has 0 aromatic heterocycles. The molecule has 0 spiro atoms. The summed E-state index contributed by atoms with van der Waals surface area (Å²) < 4.78 is 23.2. The van der Waals surface area contributed by atoms with Gasteiger partial charge in [-0.1, -0.05) is 0 Å². The molecule has 10 heteroatoms. The highest BCUT2D eigenvalue weighted by Gasteiger charge is 2.44. The predicted octanol–water partition coefficient (Wildman–Crippen LogP) is -0.677. The summed E-state index contributed by atoms with van der Waals surface area (Å²) in [5.74, 6) is -2.12. The van der Waals surface area contributed by atoms with Gasteiger partial charge in [0.05, 0.1) is 22.6 Å². The molecule has 0 saturated carbocycles. The number of carbonyl (C=O) groups excluding carboxylic acids is 4. The Balaban J connectivity index is 1.60. The molecule has 0 radical (unpaired) electrons. The van der Waals surface area contributed by atoms with Crippen LogP contribution in [0.2, 0.25) is 0 Å². The lowest BCUT2D eigenvalue weighted by molar-refractivity contribution is -0.136. The van der Waals surface area contributed by atoms with Crippen molar-refractivity contribution < 1.29 is 27.6 Å². The molecule has 0 aliphatic carbocycles. The highest BCUT2D eigenvalue weighted by atomic mass is 32.2. The van der Waals surface area contributed by atoms with E-state index >= 15 is 0 Å². The van der Waals surface area contributed by atoms with Crippen LogP contribution in [-0.4, -0.2) is 67.6 Å². The molecular formula is C17H17N3O6S. The van der Waals surface area contributed by atoms with Gasteiger partial charge < -0.3 is 4.90 Å². The number of fused-ring (bicyclic) bond motifs is 1. The molecule has 9 nitrogen and oxygen atoms in total.